The Balaban J connectivity index is 1.24. The van der Waals surface area contributed by atoms with Crippen LogP contribution < -0.4 is 11.2 Å². The average Bonchev–Trinajstić information content (AvgIpc) is 3.32. The summed E-state index contributed by atoms with van der Waals surface area (Å²) >= 11 is 0. The molecule has 0 saturated carbocycles. The second-order valence-corrected chi connectivity index (χ2v) is 11.3. The fourth-order valence-electron chi connectivity index (χ4n) is 7.27. The summed E-state index contributed by atoms with van der Waals surface area (Å²) in [5.74, 6) is 0. The summed E-state index contributed by atoms with van der Waals surface area (Å²) < 4.78 is 13.4. The van der Waals surface area contributed by atoms with E-state index in [-0.39, 0.29) is 6.61 Å². The molecule has 42 heavy (non-hydrogen) atoms. The highest BCUT2D eigenvalue weighted by atomic mass is 16.6. The number of aromatic nitrogens is 2. The molecule has 8 heteroatoms. The maximum Gasteiger partial charge on any atom is 0.330 e. The number of hydrogen-bond donors (Lipinski definition) is 3. The van der Waals surface area contributed by atoms with E-state index in [2.05, 4.69) is 71.7 Å². The number of nitrogens with zero attached hydrogens (tertiary/aromatic N) is 1. The first-order valence-electron chi connectivity index (χ1n) is 14.0. The fraction of sp³-hybridized carbons (Fsp3) is 0.176. The fourth-order valence-corrected chi connectivity index (χ4v) is 7.27. The number of aliphatic hydroxyl groups is 2. The number of H-pyrrole nitrogens is 1. The Labute approximate surface area is 236 Å². The van der Waals surface area contributed by atoms with Gasteiger partial charge in [-0.2, -0.15) is 0 Å². The smallest absolute Gasteiger partial charge is 0.330 e. The number of ether oxygens (including phenoxy) is 2. The molecule has 2 unspecified atom stereocenters. The van der Waals surface area contributed by atoms with E-state index in [0.29, 0.717) is 0 Å². The normalized spacial score (nSPS) is 21.5. The molecule has 8 aromatic rings. The predicted octanol–water partition coefficient (Wildman–Crippen LogP) is 4.61. The summed E-state index contributed by atoms with van der Waals surface area (Å²) in [6, 6.07) is 25.1. The van der Waals surface area contributed by atoms with Crippen molar-refractivity contribution in [2.75, 3.05) is 6.61 Å². The van der Waals surface area contributed by atoms with Crippen molar-refractivity contribution in [2.45, 2.75) is 31.1 Å². The molecule has 7 aromatic carbocycles. The Bertz CT molecular complexity index is 2370. The van der Waals surface area contributed by atoms with Gasteiger partial charge in [-0.05, 0) is 76.3 Å². The van der Waals surface area contributed by atoms with Crippen LogP contribution in [0.1, 0.15) is 11.8 Å². The molecule has 2 heterocycles. The average molecular weight is 557 g/mol. The van der Waals surface area contributed by atoms with Gasteiger partial charge in [-0.1, -0.05) is 60.7 Å². The maximum absolute atomic E-state index is 12.6. The van der Waals surface area contributed by atoms with Crippen molar-refractivity contribution < 1.29 is 19.7 Å². The van der Waals surface area contributed by atoms with Gasteiger partial charge in [0.2, 0.25) is 0 Å². The van der Waals surface area contributed by atoms with Crippen LogP contribution in [0.4, 0.5) is 0 Å². The third-order valence-corrected chi connectivity index (χ3v) is 9.14. The minimum atomic E-state index is -1.19. The van der Waals surface area contributed by atoms with Gasteiger partial charge in [-0.25, -0.2) is 4.79 Å². The van der Waals surface area contributed by atoms with Gasteiger partial charge in [-0.3, -0.25) is 14.3 Å². The van der Waals surface area contributed by atoms with Crippen LogP contribution in [0.2, 0.25) is 0 Å². The summed E-state index contributed by atoms with van der Waals surface area (Å²) in [4.78, 5) is 26.5. The molecule has 1 saturated heterocycles. The van der Waals surface area contributed by atoms with E-state index in [9.17, 15) is 19.8 Å². The lowest BCUT2D eigenvalue weighted by Crippen LogP contribution is -2.39. The van der Waals surface area contributed by atoms with Crippen LogP contribution in [-0.2, 0) is 16.1 Å². The van der Waals surface area contributed by atoms with Gasteiger partial charge in [0.05, 0.1) is 13.2 Å². The topological polar surface area (TPSA) is 114 Å². The van der Waals surface area contributed by atoms with E-state index in [4.69, 9.17) is 9.47 Å². The molecule has 1 aliphatic rings. The molecule has 3 N–H and O–H groups in total. The molecular formula is C34H24N2O6. The maximum atomic E-state index is 12.6. The molecule has 0 amide bonds. The largest absolute Gasteiger partial charge is 0.394 e. The number of hydrogen-bond acceptors (Lipinski definition) is 6. The van der Waals surface area contributed by atoms with Crippen LogP contribution in [0.5, 0.6) is 0 Å². The highest BCUT2D eigenvalue weighted by Crippen LogP contribution is 2.49. The van der Waals surface area contributed by atoms with E-state index >= 15 is 0 Å². The van der Waals surface area contributed by atoms with Crippen LogP contribution in [-0.4, -0.2) is 44.7 Å². The molecule has 1 fully saturated rings. The van der Waals surface area contributed by atoms with Crippen molar-refractivity contribution in [1.82, 2.24) is 9.55 Å². The molecule has 9 rings (SSSR count). The summed E-state index contributed by atoms with van der Waals surface area (Å²) in [6.07, 6.45) is -2.81. The first kappa shape index (κ1) is 24.0. The zero-order valence-electron chi connectivity index (χ0n) is 22.2. The Kier molecular flexibility index (Phi) is 4.85. The minimum Gasteiger partial charge on any atom is -0.394 e. The second-order valence-electron chi connectivity index (χ2n) is 11.3. The molecule has 1 aromatic heterocycles. The number of aliphatic hydroxyl groups excluding tert-OH is 2. The number of nitrogens with one attached hydrogen (secondary N) is 1. The third kappa shape index (κ3) is 3.09. The summed E-state index contributed by atoms with van der Waals surface area (Å²) in [5, 5.41) is 35.3. The molecule has 0 aliphatic carbocycles. The molecular weight excluding hydrogens is 532 g/mol. The first-order chi connectivity index (χ1) is 20.5. The molecule has 0 bridgehead atoms. The first-order valence-corrected chi connectivity index (χ1v) is 14.0. The van der Waals surface area contributed by atoms with Gasteiger partial charge in [-0.15, -0.1) is 0 Å². The molecule has 1 aliphatic heterocycles. The van der Waals surface area contributed by atoms with Crippen LogP contribution in [0.15, 0.2) is 88.6 Å². The van der Waals surface area contributed by atoms with Crippen LogP contribution in [0, 0.1) is 0 Å². The Morgan fingerprint density at radius 1 is 0.762 bits per heavy atom. The van der Waals surface area contributed by atoms with Crippen molar-refractivity contribution in [3.63, 3.8) is 0 Å². The number of rotatable bonds is 5. The van der Waals surface area contributed by atoms with Gasteiger partial charge in [0.15, 0.2) is 6.23 Å². The second kappa shape index (κ2) is 8.47. The van der Waals surface area contributed by atoms with E-state index in [1.54, 1.807) is 0 Å². The Hall–Kier alpha value is -4.60. The van der Waals surface area contributed by atoms with Gasteiger partial charge in [0.25, 0.3) is 5.56 Å². The van der Waals surface area contributed by atoms with Gasteiger partial charge in [0, 0.05) is 12.3 Å². The molecule has 4 atom stereocenters. The quantitative estimate of drug-likeness (QED) is 0.211. The van der Waals surface area contributed by atoms with Crippen molar-refractivity contribution in [1.29, 1.82) is 0 Å². The lowest BCUT2D eigenvalue weighted by atomic mass is 9.82. The SMILES string of the molecule is O=c1ccn([C@H]2O[C@@H](CO)C(O)C2OCc2cc3ccc4ccc5ccc6ccc7ccc2c2c7c6c5c4c32)c(=O)[nH]1. The summed E-state index contributed by atoms with van der Waals surface area (Å²) in [7, 11) is 0. The zero-order chi connectivity index (χ0) is 28.3. The van der Waals surface area contributed by atoms with Crippen molar-refractivity contribution in [2.24, 2.45) is 0 Å². The molecule has 8 nitrogen and oxygen atoms in total. The highest BCUT2D eigenvalue weighted by molar-refractivity contribution is 6.44. The van der Waals surface area contributed by atoms with Crippen molar-refractivity contribution >= 4 is 64.6 Å². The number of aromatic amines is 1. The van der Waals surface area contributed by atoms with E-state index < -0.39 is 42.4 Å². The number of benzene rings is 7. The highest BCUT2D eigenvalue weighted by Gasteiger charge is 2.45. The third-order valence-electron chi connectivity index (χ3n) is 9.14. The lowest BCUT2D eigenvalue weighted by Gasteiger charge is -2.24. The van der Waals surface area contributed by atoms with Gasteiger partial charge < -0.3 is 19.7 Å². The Morgan fingerprint density at radius 3 is 1.90 bits per heavy atom. The van der Waals surface area contributed by atoms with Crippen LogP contribution in [0.3, 0.4) is 0 Å². The Morgan fingerprint density at radius 2 is 1.31 bits per heavy atom. The van der Waals surface area contributed by atoms with Gasteiger partial charge in [0.1, 0.15) is 18.3 Å². The van der Waals surface area contributed by atoms with Crippen LogP contribution in [0.25, 0.3) is 64.6 Å². The monoisotopic (exact) mass is 556 g/mol. The van der Waals surface area contributed by atoms with Crippen molar-refractivity contribution in [3.8, 4) is 0 Å². The van der Waals surface area contributed by atoms with E-state index in [1.165, 1.54) is 70.7 Å². The lowest BCUT2D eigenvalue weighted by molar-refractivity contribution is -0.0795. The van der Waals surface area contributed by atoms with Crippen molar-refractivity contribution in [3.05, 3.63) is 105 Å². The van der Waals surface area contributed by atoms with Crippen LogP contribution >= 0.6 is 0 Å². The minimum absolute atomic E-state index is 0.135. The standard InChI is InChI=1S/C34H24N2O6/c37-14-23-31(39)32(33(42-23)36-12-11-24(38)35-34(36)40)41-15-21-13-20-8-7-18-4-2-16-1-3-17-5-6-19-9-10-22(21)30-28(19)26(17)25(16)27(18)29(20)30/h1-13,23,31-33,37,39H,14-15H2,(H,35,38,40)/t23-,31?,32?,33-/m0/s1. The zero-order valence-corrected chi connectivity index (χ0v) is 22.2. The van der Waals surface area contributed by atoms with E-state index in [1.807, 2.05) is 0 Å². The molecule has 0 spiro atoms. The summed E-state index contributed by atoms with van der Waals surface area (Å²) in [6.45, 7) is -0.312. The summed E-state index contributed by atoms with van der Waals surface area (Å²) in [5.41, 5.74) is -0.283. The molecule has 206 valence electrons. The van der Waals surface area contributed by atoms with Gasteiger partial charge >= 0.3 is 5.69 Å². The molecule has 0 radical (unpaired) electrons. The predicted molar refractivity (Wildman–Crippen MR) is 162 cm³/mol. The van der Waals surface area contributed by atoms with E-state index in [0.717, 1.165) is 16.3 Å².